The highest BCUT2D eigenvalue weighted by Crippen LogP contribution is 2.31. The van der Waals surface area contributed by atoms with Crippen LogP contribution in [0.5, 0.6) is 0 Å². The number of fused-ring (bicyclic) bond motifs is 1. The standard InChI is InChI=1S/C22H26N4O2S2/c27-22(17-15-30-18-6-2-1-5-16(17)18)26-12-10-25(11-13-26)9-3-8-20-23-21(24-28-20)19-7-4-14-29-19/h4,7,14-15H,1-3,5-6,8-13H2. The van der Waals surface area contributed by atoms with Crippen molar-refractivity contribution in [3.05, 3.63) is 44.8 Å². The number of nitrogens with zero attached hydrogens (tertiary/aromatic N) is 4. The molecule has 0 saturated carbocycles. The minimum Gasteiger partial charge on any atom is -0.339 e. The molecular formula is C22H26N4O2S2. The topological polar surface area (TPSA) is 62.5 Å². The molecule has 5 rings (SSSR count). The van der Waals surface area contributed by atoms with Crippen molar-refractivity contribution in [3.63, 3.8) is 0 Å². The zero-order valence-corrected chi connectivity index (χ0v) is 18.6. The summed E-state index contributed by atoms with van der Waals surface area (Å²) >= 11 is 3.40. The lowest BCUT2D eigenvalue weighted by molar-refractivity contribution is 0.0635. The average molecular weight is 443 g/mol. The minimum absolute atomic E-state index is 0.237. The quantitative estimate of drug-likeness (QED) is 0.574. The van der Waals surface area contributed by atoms with E-state index in [4.69, 9.17) is 4.52 Å². The van der Waals surface area contributed by atoms with Crippen LogP contribution in [-0.2, 0) is 19.3 Å². The van der Waals surface area contributed by atoms with Gasteiger partial charge in [0.1, 0.15) is 0 Å². The van der Waals surface area contributed by atoms with Crippen molar-refractivity contribution in [1.82, 2.24) is 19.9 Å². The third kappa shape index (κ3) is 4.22. The Kier molecular flexibility index (Phi) is 5.97. The van der Waals surface area contributed by atoms with Gasteiger partial charge in [-0.2, -0.15) is 4.98 Å². The monoisotopic (exact) mass is 442 g/mol. The van der Waals surface area contributed by atoms with Crippen LogP contribution in [0.25, 0.3) is 10.7 Å². The number of aryl methyl sites for hydroxylation is 2. The van der Waals surface area contributed by atoms with Crippen molar-refractivity contribution < 1.29 is 9.32 Å². The molecule has 1 amide bonds. The molecule has 0 radical (unpaired) electrons. The molecule has 0 N–H and O–H groups in total. The van der Waals surface area contributed by atoms with E-state index in [1.54, 1.807) is 22.7 Å². The fourth-order valence-corrected chi connectivity index (χ4v) is 6.10. The van der Waals surface area contributed by atoms with Crippen LogP contribution in [0.4, 0.5) is 0 Å². The van der Waals surface area contributed by atoms with E-state index >= 15 is 0 Å². The SMILES string of the molecule is O=C(c1csc2c1CCCC2)N1CCN(CCCc2nc(-c3cccs3)no2)CC1. The summed E-state index contributed by atoms with van der Waals surface area (Å²) in [6, 6.07) is 4.00. The predicted molar refractivity (Wildman–Crippen MR) is 119 cm³/mol. The molecule has 1 aliphatic carbocycles. The van der Waals surface area contributed by atoms with E-state index in [2.05, 4.69) is 20.4 Å². The van der Waals surface area contributed by atoms with Gasteiger partial charge < -0.3 is 9.42 Å². The molecule has 4 heterocycles. The molecule has 30 heavy (non-hydrogen) atoms. The number of rotatable bonds is 6. The van der Waals surface area contributed by atoms with Gasteiger partial charge in [0, 0.05) is 42.9 Å². The molecule has 3 aromatic heterocycles. The molecule has 2 aliphatic rings. The van der Waals surface area contributed by atoms with Crippen LogP contribution in [0, 0.1) is 0 Å². The lowest BCUT2D eigenvalue weighted by Gasteiger charge is -2.34. The third-order valence-electron chi connectivity index (χ3n) is 6.03. The molecule has 0 atom stereocenters. The molecule has 0 bridgehead atoms. The van der Waals surface area contributed by atoms with E-state index in [1.807, 2.05) is 22.4 Å². The summed E-state index contributed by atoms with van der Waals surface area (Å²) in [5, 5.41) is 8.19. The Bertz CT molecular complexity index is 987. The van der Waals surface area contributed by atoms with Gasteiger partial charge in [0.25, 0.3) is 5.91 Å². The highest BCUT2D eigenvalue weighted by Gasteiger charge is 2.26. The molecule has 1 saturated heterocycles. The Labute approximate surface area is 184 Å². The second-order valence-corrected chi connectivity index (χ2v) is 9.90. The maximum atomic E-state index is 13.0. The molecule has 1 aliphatic heterocycles. The summed E-state index contributed by atoms with van der Waals surface area (Å²) in [7, 11) is 0. The van der Waals surface area contributed by atoms with Gasteiger partial charge in [-0.25, -0.2) is 0 Å². The number of aromatic nitrogens is 2. The van der Waals surface area contributed by atoms with E-state index in [9.17, 15) is 4.79 Å². The largest absolute Gasteiger partial charge is 0.339 e. The molecule has 3 aromatic rings. The lowest BCUT2D eigenvalue weighted by Crippen LogP contribution is -2.49. The summed E-state index contributed by atoms with van der Waals surface area (Å²) in [4.78, 5) is 24.5. The number of carbonyl (C=O) groups excluding carboxylic acids is 1. The highest BCUT2D eigenvalue weighted by atomic mass is 32.1. The number of amides is 1. The van der Waals surface area contributed by atoms with Crippen molar-refractivity contribution in [3.8, 4) is 10.7 Å². The molecule has 8 heteroatoms. The minimum atomic E-state index is 0.237. The summed E-state index contributed by atoms with van der Waals surface area (Å²) in [5.41, 5.74) is 2.31. The summed E-state index contributed by atoms with van der Waals surface area (Å²) < 4.78 is 5.39. The number of hydrogen-bond donors (Lipinski definition) is 0. The maximum Gasteiger partial charge on any atom is 0.255 e. The summed E-state index contributed by atoms with van der Waals surface area (Å²) in [6.45, 7) is 4.48. The normalized spacial score (nSPS) is 17.3. The molecule has 6 nitrogen and oxygen atoms in total. The van der Waals surface area contributed by atoms with Crippen LogP contribution in [0.1, 0.15) is 46.0 Å². The van der Waals surface area contributed by atoms with Gasteiger partial charge in [-0.15, -0.1) is 22.7 Å². The van der Waals surface area contributed by atoms with Crippen LogP contribution in [0.3, 0.4) is 0 Å². The Morgan fingerprint density at radius 3 is 2.83 bits per heavy atom. The van der Waals surface area contributed by atoms with Gasteiger partial charge in [0.05, 0.1) is 10.4 Å². The van der Waals surface area contributed by atoms with Gasteiger partial charge in [-0.3, -0.25) is 9.69 Å². The third-order valence-corrected chi connectivity index (χ3v) is 7.98. The van der Waals surface area contributed by atoms with Crippen molar-refractivity contribution in [2.75, 3.05) is 32.7 Å². The lowest BCUT2D eigenvalue weighted by atomic mass is 9.95. The molecule has 0 unspecified atom stereocenters. The second kappa shape index (κ2) is 8.99. The zero-order chi connectivity index (χ0) is 20.3. The summed E-state index contributed by atoms with van der Waals surface area (Å²) in [5.74, 6) is 1.62. The van der Waals surface area contributed by atoms with Crippen molar-refractivity contribution in [1.29, 1.82) is 0 Å². The van der Waals surface area contributed by atoms with E-state index in [0.29, 0.717) is 11.7 Å². The van der Waals surface area contributed by atoms with Gasteiger partial charge in [-0.05, 0) is 55.7 Å². The number of piperazine rings is 1. The zero-order valence-electron chi connectivity index (χ0n) is 17.0. The Morgan fingerprint density at radius 2 is 2.00 bits per heavy atom. The number of thiophene rings is 2. The first-order chi connectivity index (χ1) is 14.8. The molecule has 158 valence electrons. The predicted octanol–water partition coefficient (Wildman–Crippen LogP) is 4.13. The number of hydrogen-bond acceptors (Lipinski definition) is 7. The Hall–Kier alpha value is -2.03. The van der Waals surface area contributed by atoms with E-state index < -0.39 is 0 Å². The smallest absolute Gasteiger partial charge is 0.255 e. The van der Waals surface area contributed by atoms with E-state index in [0.717, 1.165) is 68.8 Å². The summed E-state index contributed by atoms with van der Waals surface area (Å²) in [6.07, 6.45) is 6.47. The van der Waals surface area contributed by atoms with Crippen LogP contribution in [0.15, 0.2) is 27.4 Å². The van der Waals surface area contributed by atoms with Crippen molar-refractivity contribution in [2.24, 2.45) is 0 Å². The Balaban J connectivity index is 1.08. The van der Waals surface area contributed by atoms with E-state index in [1.165, 1.54) is 23.3 Å². The van der Waals surface area contributed by atoms with Crippen LogP contribution in [-0.4, -0.2) is 58.6 Å². The van der Waals surface area contributed by atoms with E-state index in [-0.39, 0.29) is 5.91 Å². The first-order valence-electron chi connectivity index (χ1n) is 10.8. The Morgan fingerprint density at radius 1 is 1.13 bits per heavy atom. The van der Waals surface area contributed by atoms with Crippen molar-refractivity contribution >= 4 is 28.6 Å². The maximum absolute atomic E-state index is 13.0. The second-order valence-electron chi connectivity index (χ2n) is 7.98. The van der Waals surface area contributed by atoms with Gasteiger partial charge in [0.2, 0.25) is 11.7 Å². The van der Waals surface area contributed by atoms with Crippen LogP contribution in [0.2, 0.25) is 0 Å². The fraction of sp³-hybridized carbons (Fsp3) is 0.500. The van der Waals surface area contributed by atoms with Gasteiger partial charge >= 0.3 is 0 Å². The molecule has 1 fully saturated rings. The van der Waals surface area contributed by atoms with Crippen molar-refractivity contribution in [2.45, 2.75) is 38.5 Å². The van der Waals surface area contributed by atoms with Gasteiger partial charge in [0.15, 0.2) is 0 Å². The van der Waals surface area contributed by atoms with Crippen LogP contribution >= 0.6 is 22.7 Å². The van der Waals surface area contributed by atoms with Crippen LogP contribution < -0.4 is 0 Å². The first-order valence-corrected chi connectivity index (χ1v) is 12.5. The first kappa shape index (κ1) is 19.9. The average Bonchev–Trinajstić information content (AvgIpc) is 3.54. The van der Waals surface area contributed by atoms with Gasteiger partial charge in [-0.1, -0.05) is 11.2 Å². The molecule has 0 aromatic carbocycles. The fourth-order valence-electron chi connectivity index (χ4n) is 4.33. The highest BCUT2D eigenvalue weighted by molar-refractivity contribution is 7.13. The number of carbonyl (C=O) groups is 1. The molecule has 0 spiro atoms. The molecular weight excluding hydrogens is 416 g/mol.